The van der Waals surface area contributed by atoms with Crippen LogP contribution in [0.25, 0.3) is 11.0 Å². The molecular weight excluding hydrogens is 290 g/mol. The van der Waals surface area contributed by atoms with Crippen molar-refractivity contribution in [2.75, 3.05) is 0 Å². The fourth-order valence-corrected chi connectivity index (χ4v) is 2.39. The van der Waals surface area contributed by atoms with Crippen molar-refractivity contribution in [2.45, 2.75) is 25.9 Å². The lowest BCUT2D eigenvalue weighted by atomic mass is 10.2. The molecule has 0 unspecified atom stereocenters. The van der Waals surface area contributed by atoms with Gasteiger partial charge in [0.2, 0.25) is 0 Å². The number of nitrogens with zero attached hydrogens (tertiary/aromatic N) is 2. The van der Waals surface area contributed by atoms with Crippen molar-refractivity contribution < 1.29 is 4.79 Å². The predicted octanol–water partition coefficient (Wildman–Crippen LogP) is 3.08. The highest BCUT2D eigenvalue weighted by Crippen LogP contribution is 2.15. The summed E-state index contributed by atoms with van der Waals surface area (Å²) in [5.74, 6) is 0.729. The summed E-state index contributed by atoms with van der Waals surface area (Å²) in [4.78, 5) is 24.1. The van der Waals surface area contributed by atoms with Crippen molar-refractivity contribution in [3.8, 4) is 0 Å². The number of urea groups is 1. The first-order valence-corrected chi connectivity index (χ1v) is 7.56. The Kier molecular flexibility index (Phi) is 4.23. The molecule has 0 aliphatic rings. The standard InChI is InChI=1S/C17H19N5O/c1-11(13-7-5-6-10-18-13)19-17(23)20-12(2)16-21-14-8-3-4-9-15(14)22-16/h3-12H,1-2H3,(H,21,22)(H2,19,20,23)/t11-,12-/m1/s1. The Hall–Kier alpha value is -2.89. The summed E-state index contributed by atoms with van der Waals surface area (Å²) in [5.41, 5.74) is 2.66. The van der Waals surface area contributed by atoms with Crippen LogP contribution in [0.1, 0.15) is 37.4 Å². The number of H-pyrrole nitrogens is 1. The number of aromatic nitrogens is 3. The fourth-order valence-electron chi connectivity index (χ4n) is 2.39. The summed E-state index contributed by atoms with van der Waals surface area (Å²) >= 11 is 0. The number of benzene rings is 1. The number of fused-ring (bicyclic) bond motifs is 1. The van der Waals surface area contributed by atoms with Gasteiger partial charge in [-0.3, -0.25) is 4.98 Å². The van der Waals surface area contributed by atoms with Gasteiger partial charge in [0, 0.05) is 6.20 Å². The van der Waals surface area contributed by atoms with Crippen LogP contribution >= 0.6 is 0 Å². The lowest BCUT2D eigenvalue weighted by Gasteiger charge is -2.16. The molecule has 0 fully saturated rings. The maximum atomic E-state index is 12.1. The molecule has 118 valence electrons. The Labute approximate surface area is 134 Å². The van der Waals surface area contributed by atoms with Crippen LogP contribution in [0.2, 0.25) is 0 Å². The van der Waals surface area contributed by atoms with Crippen molar-refractivity contribution >= 4 is 17.1 Å². The van der Waals surface area contributed by atoms with Crippen LogP contribution in [0.3, 0.4) is 0 Å². The molecule has 6 nitrogen and oxygen atoms in total. The lowest BCUT2D eigenvalue weighted by Crippen LogP contribution is -2.38. The molecule has 0 bridgehead atoms. The summed E-state index contributed by atoms with van der Waals surface area (Å²) in [7, 11) is 0. The molecule has 0 aliphatic carbocycles. The number of carbonyl (C=O) groups is 1. The number of imidazole rings is 1. The smallest absolute Gasteiger partial charge is 0.315 e. The van der Waals surface area contributed by atoms with E-state index < -0.39 is 0 Å². The highest BCUT2D eigenvalue weighted by molar-refractivity contribution is 5.76. The second kappa shape index (κ2) is 6.48. The predicted molar refractivity (Wildman–Crippen MR) is 88.8 cm³/mol. The van der Waals surface area contributed by atoms with Gasteiger partial charge in [-0.2, -0.15) is 0 Å². The molecule has 3 aromatic rings. The minimum atomic E-state index is -0.254. The van der Waals surface area contributed by atoms with Crippen LogP contribution in [0.5, 0.6) is 0 Å². The number of nitrogens with one attached hydrogen (secondary N) is 3. The number of hydrogen-bond donors (Lipinski definition) is 3. The van der Waals surface area contributed by atoms with E-state index in [9.17, 15) is 4.79 Å². The number of amides is 2. The summed E-state index contributed by atoms with van der Waals surface area (Å²) in [6, 6.07) is 12.8. The summed E-state index contributed by atoms with van der Waals surface area (Å²) < 4.78 is 0. The van der Waals surface area contributed by atoms with Gasteiger partial charge in [-0.25, -0.2) is 9.78 Å². The minimum absolute atomic E-state index is 0.168. The first-order valence-electron chi connectivity index (χ1n) is 7.56. The van der Waals surface area contributed by atoms with Gasteiger partial charge in [-0.05, 0) is 38.1 Å². The molecule has 23 heavy (non-hydrogen) atoms. The zero-order chi connectivity index (χ0) is 16.2. The Balaban J connectivity index is 1.63. The van der Waals surface area contributed by atoms with Crippen molar-refractivity contribution in [3.63, 3.8) is 0 Å². The minimum Gasteiger partial charge on any atom is -0.340 e. The van der Waals surface area contributed by atoms with Gasteiger partial charge in [0.05, 0.1) is 28.8 Å². The van der Waals surface area contributed by atoms with Crippen LogP contribution in [-0.4, -0.2) is 21.0 Å². The van der Waals surface area contributed by atoms with E-state index >= 15 is 0 Å². The number of aromatic amines is 1. The third-order valence-corrected chi connectivity index (χ3v) is 3.64. The van der Waals surface area contributed by atoms with Gasteiger partial charge < -0.3 is 15.6 Å². The lowest BCUT2D eigenvalue weighted by molar-refractivity contribution is 0.234. The van der Waals surface area contributed by atoms with Crippen LogP contribution in [0.15, 0.2) is 48.7 Å². The largest absolute Gasteiger partial charge is 0.340 e. The molecule has 2 amide bonds. The number of para-hydroxylation sites is 2. The highest BCUT2D eigenvalue weighted by Gasteiger charge is 2.15. The van der Waals surface area contributed by atoms with E-state index in [1.807, 2.05) is 56.3 Å². The second-order valence-corrected chi connectivity index (χ2v) is 5.45. The van der Waals surface area contributed by atoms with E-state index in [0.717, 1.165) is 22.6 Å². The molecule has 3 N–H and O–H groups in total. The number of hydrogen-bond acceptors (Lipinski definition) is 3. The topological polar surface area (TPSA) is 82.7 Å². The number of carbonyl (C=O) groups excluding carboxylic acids is 1. The van der Waals surface area contributed by atoms with Crippen molar-refractivity contribution in [2.24, 2.45) is 0 Å². The van der Waals surface area contributed by atoms with Gasteiger partial charge in [0.25, 0.3) is 0 Å². The molecule has 0 spiro atoms. The second-order valence-electron chi connectivity index (χ2n) is 5.45. The van der Waals surface area contributed by atoms with Crippen LogP contribution in [0.4, 0.5) is 4.79 Å². The van der Waals surface area contributed by atoms with Crippen molar-refractivity contribution in [1.29, 1.82) is 0 Å². The maximum Gasteiger partial charge on any atom is 0.315 e. The van der Waals surface area contributed by atoms with E-state index in [4.69, 9.17) is 0 Å². The molecular formula is C17H19N5O. The summed E-state index contributed by atoms with van der Waals surface area (Å²) in [5, 5.41) is 5.76. The van der Waals surface area contributed by atoms with Gasteiger partial charge in [0.1, 0.15) is 5.82 Å². The molecule has 0 saturated carbocycles. The number of pyridine rings is 1. The molecule has 0 aliphatic heterocycles. The van der Waals surface area contributed by atoms with E-state index in [1.165, 1.54) is 0 Å². The molecule has 3 rings (SSSR count). The first-order chi connectivity index (χ1) is 11.1. The Morgan fingerprint density at radius 3 is 2.52 bits per heavy atom. The molecule has 2 heterocycles. The number of rotatable bonds is 4. The van der Waals surface area contributed by atoms with Crippen molar-refractivity contribution in [3.05, 3.63) is 60.2 Å². The van der Waals surface area contributed by atoms with Gasteiger partial charge in [-0.15, -0.1) is 0 Å². The first kappa shape index (κ1) is 15.0. The SMILES string of the molecule is C[C@@H](NC(=O)N[C@H](C)c1nc2ccccc2[nH]1)c1ccccn1. The van der Waals surface area contributed by atoms with Gasteiger partial charge in [-0.1, -0.05) is 18.2 Å². The molecule has 0 saturated heterocycles. The third-order valence-electron chi connectivity index (χ3n) is 3.64. The highest BCUT2D eigenvalue weighted by atomic mass is 16.2. The van der Waals surface area contributed by atoms with E-state index in [1.54, 1.807) is 6.20 Å². The summed E-state index contributed by atoms with van der Waals surface area (Å²) in [6.45, 7) is 3.79. The van der Waals surface area contributed by atoms with Crippen LogP contribution in [-0.2, 0) is 0 Å². The zero-order valence-corrected chi connectivity index (χ0v) is 13.1. The Morgan fingerprint density at radius 2 is 1.78 bits per heavy atom. The van der Waals surface area contributed by atoms with Crippen LogP contribution in [0, 0.1) is 0 Å². The Morgan fingerprint density at radius 1 is 1.04 bits per heavy atom. The molecule has 2 aromatic heterocycles. The molecule has 6 heteroatoms. The van der Waals surface area contributed by atoms with E-state index in [-0.39, 0.29) is 18.1 Å². The van der Waals surface area contributed by atoms with E-state index in [0.29, 0.717) is 0 Å². The van der Waals surface area contributed by atoms with Crippen molar-refractivity contribution in [1.82, 2.24) is 25.6 Å². The van der Waals surface area contributed by atoms with Gasteiger partial charge in [0.15, 0.2) is 0 Å². The normalized spacial score (nSPS) is 13.5. The summed E-state index contributed by atoms with van der Waals surface area (Å²) in [6.07, 6.45) is 1.71. The third kappa shape index (κ3) is 3.48. The molecule has 1 aromatic carbocycles. The molecule has 2 atom stereocenters. The quantitative estimate of drug-likeness (QED) is 0.692. The Bertz CT molecular complexity index is 766. The van der Waals surface area contributed by atoms with Crippen LogP contribution < -0.4 is 10.6 Å². The average Bonchev–Trinajstić information content (AvgIpc) is 2.99. The maximum absolute atomic E-state index is 12.1. The monoisotopic (exact) mass is 309 g/mol. The molecule has 0 radical (unpaired) electrons. The fraction of sp³-hybridized carbons (Fsp3) is 0.235. The van der Waals surface area contributed by atoms with E-state index in [2.05, 4.69) is 25.6 Å². The zero-order valence-electron chi connectivity index (χ0n) is 13.1. The average molecular weight is 309 g/mol. The van der Waals surface area contributed by atoms with Gasteiger partial charge >= 0.3 is 6.03 Å².